The number of esters is 2. The van der Waals surface area contributed by atoms with E-state index in [2.05, 4.69) is 25.1 Å². The molecule has 0 heterocycles. The fraction of sp³-hybridized carbons (Fsp3) is 0.682. The molecule has 12 heteroatoms. The highest BCUT2D eigenvalue weighted by molar-refractivity contribution is 7.99. The quantitative estimate of drug-likeness (QED) is 0.112. The summed E-state index contributed by atoms with van der Waals surface area (Å²) in [5.41, 5.74) is -0.798. The molecule has 0 aliphatic carbocycles. The number of rotatable bonds is 14. The second-order valence-corrected chi connectivity index (χ2v) is 9.09. The predicted octanol–water partition coefficient (Wildman–Crippen LogP) is 0.313. The van der Waals surface area contributed by atoms with Gasteiger partial charge in [0, 0.05) is 23.5 Å². The average molecular weight is 503 g/mol. The molecule has 2 amide bonds. The molecule has 0 aromatic carbocycles. The molecule has 11 nitrogen and oxygen atoms in total. The number of allylic oxidation sites excluding steroid dienone is 1. The number of thioether (sulfide) groups is 1. The summed E-state index contributed by atoms with van der Waals surface area (Å²) in [5, 5.41) is 17.0. The standard InChI is InChI=1S/C22H37N3O8S/c1-7-8-9-12-34-14-16(19(28)23-13-18(27)31-5)24-17(26)11-10-15(20(29)32-6)25-21(30)33-22(2,3)4/h8-9,15-16H,7,10-14H2,1-6H3,(H,23,28)(H,24,26)(H,25,30)/p-1/b9-8+/t15-,16-/m0/s1. The maximum Gasteiger partial charge on any atom is 0.330 e. The Morgan fingerprint density at radius 1 is 1.12 bits per heavy atom. The first kappa shape index (κ1) is 31.2. The summed E-state index contributed by atoms with van der Waals surface area (Å²) in [6, 6.07) is -2.15. The number of carbonyl (C=O) groups excluding carboxylic acids is 4. The molecule has 0 unspecified atom stereocenters. The fourth-order valence-electron chi connectivity index (χ4n) is 2.35. The maximum absolute atomic E-state index is 12.5. The third kappa shape index (κ3) is 15.1. The lowest BCUT2D eigenvalue weighted by atomic mass is 10.1. The van der Waals surface area contributed by atoms with Crippen LogP contribution in [-0.4, -0.2) is 79.8 Å². The third-order valence-electron chi connectivity index (χ3n) is 3.96. The Bertz CT molecular complexity index is 734. The van der Waals surface area contributed by atoms with Crippen molar-refractivity contribution in [2.24, 2.45) is 4.99 Å². The van der Waals surface area contributed by atoms with Crippen molar-refractivity contribution < 1.29 is 38.5 Å². The molecule has 0 fully saturated rings. The Morgan fingerprint density at radius 2 is 1.79 bits per heavy atom. The van der Waals surface area contributed by atoms with Gasteiger partial charge < -0.3 is 30.0 Å². The molecule has 0 saturated carbocycles. The van der Waals surface area contributed by atoms with Crippen LogP contribution < -0.4 is 15.7 Å². The van der Waals surface area contributed by atoms with Crippen molar-refractivity contribution >= 4 is 41.6 Å². The van der Waals surface area contributed by atoms with Crippen LogP contribution in [0.25, 0.3) is 0 Å². The molecule has 34 heavy (non-hydrogen) atoms. The summed E-state index contributed by atoms with van der Waals surface area (Å²) >= 11 is 1.43. The van der Waals surface area contributed by atoms with E-state index in [4.69, 9.17) is 4.74 Å². The topological polar surface area (TPSA) is 155 Å². The zero-order chi connectivity index (χ0) is 26.1. The molecule has 0 rings (SSSR count). The smallest absolute Gasteiger partial charge is 0.330 e. The van der Waals surface area contributed by atoms with Crippen molar-refractivity contribution in [2.45, 2.75) is 64.6 Å². The molecule has 0 spiro atoms. The first-order valence-electron chi connectivity index (χ1n) is 10.8. The summed E-state index contributed by atoms with van der Waals surface area (Å²) in [4.78, 5) is 52.0. The van der Waals surface area contributed by atoms with Crippen molar-refractivity contribution in [3.05, 3.63) is 12.2 Å². The Hall–Kier alpha value is -2.76. The van der Waals surface area contributed by atoms with Crippen LogP contribution in [0.5, 0.6) is 0 Å². The van der Waals surface area contributed by atoms with E-state index in [1.54, 1.807) is 20.8 Å². The number of hydrogen-bond acceptors (Lipinski definition) is 10. The van der Waals surface area contributed by atoms with Gasteiger partial charge in [0.1, 0.15) is 24.7 Å². The zero-order valence-corrected chi connectivity index (χ0v) is 21.5. The highest BCUT2D eigenvalue weighted by Gasteiger charge is 2.24. The van der Waals surface area contributed by atoms with Gasteiger partial charge in [-0.15, -0.1) is 0 Å². The molecular weight excluding hydrogens is 466 g/mol. The van der Waals surface area contributed by atoms with Crippen LogP contribution in [-0.2, 0) is 33.4 Å². The number of methoxy groups -OCH3 is 2. The van der Waals surface area contributed by atoms with E-state index in [0.29, 0.717) is 5.75 Å². The van der Waals surface area contributed by atoms with Crippen molar-refractivity contribution in [3.63, 3.8) is 0 Å². The second-order valence-electron chi connectivity index (χ2n) is 8.02. The number of nitrogens with zero attached hydrogens (tertiary/aromatic N) is 1. The summed E-state index contributed by atoms with van der Waals surface area (Å²) in [6.45, 7) is 6.63. The molecule has 2 N–H and O–H groups in total. The van der Waals surface area contributed by atoms with Crippen molar-refractivity contribution in [1.82, 2.24) is 10.6 Å². The van der Waals surface area contributed by atoms with E-state index < -0.39 is 47.5 Å². The number of aliphatic imine (C=N–C) groups is 1. The van der Waals surface area contributed by atoms with Gasteiger partial charge in [-0.05, 0) is 12.8 Å². The normalized spacial score (nSPS) is 13.6. The Labute approximate surface area is 205 Å². The Morgan fingerprint density at radius 3 is 2.35 bits per heavy atom. The first-order valence-corrected chi connectivity index (χ1v) is 12.0. The Balaban J connectivity index is 5.13. The molecule has 0 saturated heterocycles. The number of amides is 2. The monoisotopic (exact) mass is 502 g/mol. The number of nitrogens with one attached hydrogen (secondary N) is 2. The number of carbonyl (C=O) groups is 4. The largest absolute Gasteiger partial charge is 0.595 e. The summed E-state index contributed by atoms with van der Waals surface area (Å²) in [6.07, 6.45) is 3.55. The zero-order valence-electron chi connectivity index (χ0n) is 20.7. The second kappa shape index (κ2) is 16.8. The molecule has 0 aromatic rings. The van der Waals surface area contributed by atoms with Crippen LogP contribution in [0.1, 0.15) is 47.0 Å². The molecule has 0 aliphatic heterocycles. The van der Waals surface area contributed by atoms with Gasteiger partial charge in [0.2, 0.25) is 11.8 Å². The lowest BCUT2D eigenvalue weighted by Crippen LogP contribution is -2.49. The minimum Gasteiger partial charge on any atom is -0.595 e. The molecule has 0 bridgehead atoms. The van der Waals surface area contributed by atoms with Crippen LogP contribution in [0, 0.1) is 0 Å². The van der Waals surface area contributed by atoms with Crippen LogP contribution >= 0.6 is 11.8 Å². The minimum absolute atomic E-state index is 0.124. The molecule has 0 aromatic heterocycles. The van der Waals surface area contributed by atoms with E-state index in [0.717, 1.165) is 13.5 Å². The van der Waals surface area contributed by atoms with Gasteiger partial charge in [0.15, 0.2) is 0 Å². The Kier molecular flexibility index (Phi) is 15.4. The summed E-state index contributed by atoms with van der Waals surface area (Å²) in [5.74, 6) is -1.59. The van der Waals surface area contributed by atoms with E-state index in [1.807, 2.05) is 19.1 Å². The van der Waals surface area contributed by atoms with Gasteiger partial charge in [0.05, 0.1) is 14.2 Å². The van der Waals surface area contributed by atoms with Gasteiger partial charge in [-0.3, -0.25) is 19.4 Å². The SMILES string of the molecule is CC/C=C/CSC[C@H](NC(=O)CC[C@H](N=C([O-])OC(C)(C)C)C(=O)OC)C(=O)NCC(=O)OC. The van der Waals surface area contributed by atoms with E-state index in [-0.39, 0.29) is 25.1 Å². The number of hydrogen-bond donors (Lipinski definition) is 2. The number of ether oxygens (including phenoxy) is 3. The lowest BCUT2D eigenvalue weighted by Gasteiger charge is -2.30. The van der Waals surface area contributed by atoms with Crippen LogP contribution in [0.2, 0.25) is 0 Å². The first-order chi connectivity index (χ1) is 15.9. The summed E-state index contributed by atoms with van der Waals surface area (Å²) in [7, 11) is 2.34. The third-order valence-corrected chi connectivity index (χ3v) is 4.96. The molecule has 194 valence electrons. The van der Waals surface area contributed by atoms with Gasteiger partial charge in [-0.1, -0.05) is 39.8 Å². The van der Waals surface area contributed by atoms with E-state index >= 15 is 0 Å². The highest BCUT2D eigenvalue weighted by Crippen LogP contribution is 2.10. The summed E-state index contributed by atoms with van der Waals surface area (Å²) < 4.78 is 14.2. The molecule has 0 radical (unpaired) electrons. The van der Waals surface area contributed by atoms with Crippen molar-refractivity contribution in [1.29, 1.82) is 0 Å². The average Bonchev–Trinajstić information content (AvgIpc) is 2.77. The molecule has 0 aliphatic rings. The fourth-order valence-corrected chi connectivity index (χ4v) is 3.23. The van der Waals surface area contributed by atoms with E-state index in [9.17, 15) is 24.3 Å². The van der Waals surface area contributed by atoms with Crippen LogP contribution in [0.15, 0.2) is 17.1 Å². The minimum atomic E-state index is -1.23. The van der Waals surface area contributed by atoms with Gasteiger partial charge in [0.25, 0.3) is 0 Å². The molecule has 2 atom stereocenters. The molecular formula is C22H36N3O8S-. The highest BCUT2D eigenvalue weighted by atomic mass is 32.2. The maximum atomic E-state index is 12.5. The van der Waals surface area contributed by atoms with Crippen molar-refractivity contribution in [2.75, 3.05) is 32.3 Å². The van der Waals surface area contributed by atoms with Gasteiger partial charge >= 0.3 is 11.9 Å². The van der Waals surface area contributed by atoms with Crippen LogP contribution in [0.3, 0.4) is 0 Å². The van der Waals surface area contributed by atoms with Crippen LogP contribution in [0.4, 0.5) is 0 Å². The van der Waals surface area contributed by atoms with Gasteiger partial charge in [-0.25, -0.2) is 4.79 Å². The van der Waals surface area contributed by atoms with Gasteiger partial charge in [-0.2, -0.15) is 11.8 Å². The van der Waals surface area contributed by atoms with Crippen molar-refractivity contribution in [3.8, 4) is 0 Å². The predicted molar refractivity (Wildman–Crippen MR) is 127 cm³/mol. The van der Waals surface area contributed by atoms with E-state index in [1.165, 1.54) is 18.9 Å². The lowest BCUT2D eigenvalue weighted by molar-refractivity contribution is -0.261.